The van der Waals surface area contributed by atoms with Crippen molar-refractivity contribution in [2.45, 2.75) is 6.61 Å². The molecule has 0 amide bonds. The van der Waals surface area contributed by atoms with Crippen molar-refractivity contribution in [3.05, 3.63) is 102 Å². The van der Waals surface area contributed by atoms with Crippen molar-refractivity contribution < 1.29 is 28.3 Å². The van der Waals surface area contributed by atoms with Gasteiger partial charge in [-0.15, -0.1) is 0 Å². The Bertz CT molecular complexity index is 1390. The van der Waals surface area contributed by atoms with E-state index in [-0.39, 0.29) is 40.3 Å². The summed E-state index contributed by atoms with van der Waals surface area (Å²) in [5.41, 5.74) is 1.48. The number of esters is 1. The molecule has 0 N–H and O–H groups in total. The molecule has 35 heavy (non-hydrogen) atoms. The Kier molecular flexibility index (Phi) is 7.31. The van der Waals surface area contributed by atoms with Crippen molar-refractivity contribution >= 4 is 57.8 Å². The van der Waals surface area contributed by atoms with Gasteiger partial charge in [0.15, 0.2) is 17.2 Å². The monoisotopic (exact) mass is 608 g/mol. The van der Waals surface area contributed by atoms with Crippen molar-refractivity contribution in [1.82, 2.24) is 0 Å². The van der Waals surface area contributed by atoms with Gasteiger partial charge in [0.05, 0.1) is 26.2 Å². The minimum Gasteiger partial charge on any atom is -0.493 e. The molecule has 3 aromatic rings. The van der Waals surface area contributed by atoms with Crippen LogP contribution in [0.3, 0.4) is 0 Å². The maximum Gasteiger partial charge on any atom is 0.363 e. The Morgan fingerprint density at radius 1 is 1.20 bits per heavy atom. The third-order valence-electron chi connectivity index (χ3n) is 4.87. The Balaban J connectivity index is 1.59. The Morgan fingerprint density at radius 2 is 1.94 bits per heavy atom. The van der Waals surface area contributed by atoms with Gasteiger partial charge in [-0.1, -0.05) is 23.7 Å². The van der Waals surface area contributed by atoms with Crippen LogP contribution < -0.4 is 9.47 Å². The van der Waals surface area contributed by atoms with E-state index in [1.165, 1.54) is 37.5 Å². The van der Waals surface area contributed by atoms with Gasteiger partial charge in [0.25, 0.3) is 5.69 Å². The van der Waals surface area contributed by atoms with Crippen LogP contribution in [0.25, 0.3) is 6.08 Å². The molecule has 0 fully saturated rings. The highest BCUT2D eigenvalue weighted by Crippen LogP contribution is 2.36. The van der Waals surface area contributed by atoms with E-state index in [1.54, 1.807) is 24.3 Å². The Labute approximate surface area is 217 Å². The zero-order valence-electron chi connectivity index (χ0n) is 18.0. The molecule has 1 aliphatic heterocycles. The van der Waals surface area contributed by atoms with E-state index in [0.717, 1.165) is 11.6 Å². The SMILES string of the molecule is COc1cc(/C=C2\N=C(c3ccc([N+](=O)[O-])cc3Cl)OC2=O)cc(I)c1OCc1ccc(F)cc1. The largest absolute Gasteiger partial charge is 0.493 e. The number of carbonyl (C=O) groups excluding carboxylic acids is 1. The van der Waals surface area contributed by atoms with Crippen LogP contribution in [-0.4, -0.2) is 23.9 Å². The minimum atomic E-state index is -0.694. The van der Waals surface area contributed by atoms with Crippen LogP contribution in [0.4, 0.5) is 10.1 Å². The first-order valence-electron chi connectivity index (χ1n) is 9.97. The molecular weight excluding hydrogens is 594 g/mol. The second kappa shape index (κ2) is 10.4. The molecule has 0 atom stereocenters. The molecule has 1 heterocycles. The third kappa shape index (κ3) is 5.60. The normalized spacial score (nSPS) is 14.0. The summed E-state index contributed by atoms with van der Waals surface area (Å²) in [6, 6.07) is 13.2. The average Bonchev–Trinajstić information content (AvgIpc) is 3.18. The van der Waals surface area contributed by atoms with Crippen molar-refractivity contribution in [1.29, 1.82) is 0 Å². The van der Waals surface area contributed by atoms with Crippen molar-refractivity contribution in [3.63, 3.8) is 0 Å². The highest BCUT2D eigenvalue weighted by Gasteiger charge is 2.27. The average molecular weight is 609 g/mol. The number of hydrogen-bond acceptors (Lipinski definition) is 7. The summed E-state index contributed by atoms with van der Waals surface area (Å²) in [6.07, 6.45) is 1.52. The third-order valence-corrected chi connectivity index (χ3v) is 5.98. The smallest absolute Gasteiger partial charge is 0.363 e. The predicted molar refractivity (Wildman–Crippen MR) is 135 cm³/mol. The fourth-order valence-corrected chi connectivity index (χ4v) is 4.21. The molecule has 0 spiro atoms. The topological polar surface area (TPSA) is 100 Å². The summed E-state index contributed by atoms with van der Waals surface area (Å²) in [5, 5.41) is 10.9. The van der Waals surface area contributed by atoms with Crippen LogP contribution in [0.2, 0.25) is 5.02 Å². The maximum atomic E-state index is 13.1. The number of methoxy groups -OCH3 is 1. The fourth-order valence-electron chi connectivity index (χ4n) is 3.17. The zero-order chi connectivity index (χ0) is 25.1. The van der Waals surface area contributed by atoms with Gasteiger partial charge in [0, 0.05) is 12.1 Å². The molecule has 1 aliphatic rings. The quantitative estimate of drug-likeness (QED) is 0.109. The second-order valence-corrected chi connectivity index (χ2v) is 8.78. The summed E-state index contributed by atoms with van der Waals surface area (Å²) in [5.74, 6) is -0.150. The highest BCUT2D eigenvalue weighted by atomic mass is 127. The lowest BCUT2D eigenvalue weighted by molar-refractivity contribution is -0.384. The van der Waals surface area contributed by atoms with Crippen molar-refractivity contribution in [2.24, 2.45) is 4.99 Å². The van der Waals surface area contributed by atoms with E-state index in [4.69, 9.17) is 25.8 Å². The van der Waals surface area contributed by atoms with E-state index in [9.17, 15) is 19.3 Å². The lowest BCUT2D eigenvalue weighted by atomic mass is 10.1. The van der Waals surface area contributed by atoms with Crippen LogP contribution in [0.5, 0.6) is 11.5 Å². The molecule has 8 nitrogen and oxygen atoms in total. The molecule has 0 unspecified atom stereocenters. The molecule has 3 aromatic carbocycles. The number of halogens is 3. The van der Waals surface area contributed by atoms with Crippen LogP contribution in [0, 0.1) is 19.5 Å². The molecule has 0 aliphatic carbocycles. The Hall–Kier alpha value is -3.51. The van der Waals surface area contributed by atoms with Crippen LogP contribution in [0.15, 0.2) is 65.3 Å². The summed E-state index contributed by atoms with van der Waals surface area (Å²) < 4.78 is 30.4. The molecule has 11 heteroatoms. The highest BCUT2D eigenvalue weighted by molar-refractivity contribution is 14.1. The van der Waals surface area contributed by atoms with E-state index < -0.39 is 10.9 Å². The first-order valence-corrected chi connectivity index (χ1v) is 11.4. The molecule has 0 bridgehead atoms. The molecule has 0 saturated heterocycles. The first-order chi connectivity index (χ1) is 16.7. The van der Waals surface area contributed by atoms with Gasteiger partial charge < -0.3 is 14.2 Å². The number of ether oxygens (including phenoxy) is 3. The molecule has 178 valence electrons. The summed E-state index contributed by atoms with van der Waals surface area (Å²) in [7, 11) is 1.49. The number of carbonyl (C=O) groups is 1. The lowest BCUT2D eigenvalue weighted by Crippen LogP contribution is -2.06. The number of benzene rings is 3. The zero-order valence-corrected chi connectivity index (χ0v) is 20.9. The maximum absolute atomic E-state index is 13.1. The standard InChI is InChI=1S/C24H15ClFIN2O6/c1-33-21-10-14(8-19(27)22(21)34-12-13-2-4-15(26)5-3-13)9-20-24(30)35-23(28-20)17-7-6-16(29(31)32)11-18(17)25/h2-11H,12H2,1H3/b20-9-. The summed E-state index contributed by atoms with van der Waals surface area (Å²) in [6.45, 7) is 0.211. The number of nitrogens with zero attached hydrogens (tertiary/aromatic N) is 2. The van der Waals surface area contributed by atoms with Gasteiger partial charge in [-0.3, -0.25) is 10.1 Å². The molecule has 4 rings (SSSR count). The lowest BCUT2D eigenvalue weighted by Gasteiger charge is -2.14. The number of nitro groups is 1. The summed E-state index contributed by atoms with van der Waals surface area (Å²) >= 11 is 8.20. The summed E-state index contributed by atoms with van der Waals surface area (Å²) in [4.78, 5) is 26.9. The number of nitro benzene ring substituents is 1. The number of rotatable bonds is 7. The van der Waals surface area contributed by atoms with E-state index in [0.29, 0.717) is 20.6 Å². The van der Waals surface area contributed by atoms with E-state index in [1.807, 2.05) is 0 Å². The van der Waals surface area contributed by atoms with E-state index in [2.05, 4.69) is 27.6 Å². The van der Waals surface area contributed by atoms with E-state index >= 15 is 0 Å². The molecule has 0 aromatic heterocycles. The minimum absolute atomic E-state index is 0.0206. The Morgan fingerprint density at radius 3 is 2.60 bits per heavy atom. The van der Waals surface area contributed by atoms with Gasteiger partial charge in [-0.05, 0) is 70.1 Å². The van der Waals surface area contributed by atoms with Gasteiger partial charge in [0.2, 0.25) is 5.90 Å². The number of hydrogen-bond donors (Lipinski definition) is 0. The van der Waals surface area contributed by atoms with Crippen LogP contribution >= 0.6 is 34.2 Å². The number of aliphatic imine (C=N–C) groups is 1. The fraction of sp³-hybridized carbons (Fsp3) is 0.0833. The first kappa shape index (κ1) is 24.6. The predicted octanol–water partition coefficient (Wildman–Crippen LogP) is 5.92. The van der Waals surface area contributed by atoms with Crippen molar-refractivity contribution in [2.75, 3.05) is 7.11 Å². The van der Waals surface area contributed by atoms with Crippen LogP contribution in [0.1, 0.15) is 16.7 Å². The number of cyclic esters (lactones) is 1. The molecular formula is C24H15ClFIN2O6. The molecule has 0 saturated carbocycles. The van der Waals surface area contributed by atoms with Crippen molar-refractivity contribution in [3.8, 4) is 11.5 Å². The second-order valence-electron chi connectivity index (χ2n) is 7.21. The van der Waals surface area contributed by atoms with Crippen LogP contribution in [-0.2, 0) is 16.1 Å². The van der Waals surface area contributed by atoms with Gasteiger partial charge >= 0.3 is 5.97 Å². The number of non-ortho nitro benzene ring substituents is 1. The van der Waals surface area contributed by atoms with Gasteiger partial charge in [0.1, 0.15) is 12.4 Å². The molecule has 0 radical (unpaired) electrons. The van der Waals surface area contributed by atoms with Gasteiger partial charge in [-0.2, -0.15) is 0 Å². The van der Waals surface area contributed by atoms with Gasteiger partial charge in [-0.25, -0.2) is 14.2 Å².